The fraction of sp³-hybridized carbons (Fsp3) is 0.636. The van der Waals surface area contributed by atoms with Crippen LogP contribution in [0.2, 0.25) is 0 Å². The molecule has 2 heterocycles. The van der Waals surface area contributed by atoms with Gasteiger partial charge in [-0.1, -0.05) is 0 Å². The van der Waals surface area contributed by atoms with Crippen molar-refractivity contribution in [2.24, 2.45) is 0 Å². The maximum Gasteiger partial charge on any atom is 0.323 e. The Kier molecular flexibility index (Phi) is 2.96. The highest BCUT2D eigenvalue weighted by Gasteiger charge is 2.31. The smallest absolute Gasteiger partial charge is 0.323 e. The molecule has 0 saturated heterocycles. The number of methoxy groups -OCH3 is 1. The molecule has 2 atom stereocenters. The number of esters is 1. The first-order chi connectivity index (χ1) is 7.67. The number of rotatable bonds is 2. The van der Waals surface area contributed by atoms with Gasteiger partial charge in [-0.2, -0.15) is 0 Å². The van der Waals surface area contributed by atoms with Crippen molar-refractivity contribution in [2.75, 3.05) is 7.11 Å². The van der Waals surface area contributed by atoms with E-state index in [0.717, 1.165) is 12.2 Å². The van der Waals surface area contributed by atoms with Crippen molar-refractivity contribution in [3.8, 4) is 0 Å². The number of imidazole rings is 1. The first kappa shape index (κ1) is 11.1. The van der Waals surface area contributed by atoms with Crippen LogP contribution in [0.15, 0.2) is 6.33 Å². The van der Waals surface area contributed by atoms with E-state index in [0.29, 0.717) is 6.42 Å². The predicted octanol–water partition coefficient (Wildman–Crippen LogP) is 0.651. The van der Waals surface area contributed by atoms with Gasteiger partial charge in [-0.05, 0) is 13.8 Å². The van der Waals surface area contributed by atoms with E-state index < -0.39 is 0 Å². The zero-order valence-electron chi connectivity index (χ0n) is 9.86. The molecule has 1 aliphatic heterocycles. The molecule has 5 heteroatoms. The summed E-state index contributed by atoms with van der Waals surface area (Å²) in [4.78, 5) is 15.8. The molecule has 1 unspecified atom stereocenters. The topological polar surface area (TPSA) is 56.2 Å². The van der Waals surface area contributed by atoms with Gasteiger partial charge >= 0.3 is 5.97 Å². The number of carbonyl (C=O) groups excluding carboxylic acids is 1. The third kappa shape index (κ3) is 1.71. The second kappa shape index (κ2) is 4.25. The van der Waals surface area contributed by atoms with Gasteiger partial charge in [0.2, 0.25) is 0 Å². The molecule has 5 nitrogen and oxygen atoms in total. The van der Waals surface area contributed by atoms with Crippen molar-refractivity contribution in [2.45, 2.75) is 38.9 Å². The van der Waals surface area contributed by atoms with Gasteiger partial charge in [-0.25, -0.2) is 4.98 Å². The molecule has 0 spiro atoms. The highest BCUT2D eigenvalue weighted by Crippen LogP contribution is 2.24. The van der Waals surface area contributed by atoms with Gasteiger partial charge in [0.25, 0.3) is 0 Å². The van der Waals surface area contributed by atoms with E-state index in [9.17, 15) is 4.79 Å². The minimum absolute atomic E-state index is 0.135. The van der Waals surface area contributed by atoms with Crippen LogP contribution in [0.1, 0.15) is 31.3 Å². The first-order valence-corrected chi connectivity index (χ1v) is 5.55. The van der Waals surface area contributed by atoms with Gasteiger partial charge in [-0.3, -0.25) is 10.1 Å². The fourth-order valence-electron chi connectivity index (χ4n) is 2.27. The van der Waals surface area contributed by atoms with Crippen molar-refractivity contribution in [1.29, 1.82) is 0 Å². The van der Waals surface area contributed by atoms with Crippen LogP contribution in [0.25, 0.3) is 0 Å². The molecule has 0 aliphatic carbocycles. The molecule has 1 aromatic heterocycles. The second-order valence-electron chi connectivity index (χ2n) is 4.03. The van der Waals surface area contributed by atoms with Gasteiger partial charge in [0.15, 0.2) is 0 Å². The van der Waals surface area contributed by atoms with E-state index in [2.05, 4.69) is 21.8 Å². The van der Waals surface area contributed by atoms with Gasteiger partial charge in [0, 0.05) is 19.0 Å². The molecule has 0 bridgehead atoms. The van der Waals surface area contributed by atoms with Crippen LogP contribution < -0.4 is 5.32 Å². The van der Waals surface area contributed by atoms with E-state index in [4.69, 9.17) is 4.74 Å². The summed E-state index contributed by atoms with van der Waals surface area (Å²) in [5.41, 5.74) is 2.19. The van der Waals surface area contributed by atoms with Crippen LogP contribution in [-0.2, 0) is 22.5 Å². The highest BCUT2D eigenvalue weighted by molar-refractivity contribution is 5.76. The summed E-state index contributed by atoms with van der Waals surface area (Å²) in [7, 11) is 1.41. The molecule has 0 fully saturated rings. The largest absolute Gasteiger partial charge is 0.468 e. The van der Waals surface area contributed by atoms with Crippen LogP contribution in [-0.4, -0.2) is 28.7 Å². The molecule has 0 amide bonds. The second-order valence-corrected chi connectivity index (χ2v) is 4.03. The average molecular weight is 223 g/mol. The van der Waals surface area contributed by atoms with E-state index in [1.807, 2.05) is 13.3 Å². The van der Waals surface area contributed by atoms with Gasteiger partial charge in [-0.15, -0.1) is 0 Å². The zero-order chi connectivity index (χ0) is 11.7. The minimum atomic E-state index is -0.271. The van der Waals surface area contributed by atoms with E-state index in [-0.39, 0.29) is 18.1 Å². The Labute approximate surface area is 94.8 Å². The van der Waals surface area contributed by atoms with Crippen molar-refractivity contribution in [3.63, 3.8) is 0 Å². The Hall–Kier alpha value is -1.36. The Morgan fingerprint density at radius 1 is 1.75 bits per heavy atom. The average Bonchev–Trinajstić information content (AvgIpc) is 2.71. The summed E-state index contributed by atoms with van der Waals surface area (Å²) in [6.07, 6.45) is 2.45. The van der Waals surface area contributed by atoms with Gasteiger partial charge < -0.3 is 9.30 Å². The number of hydrogen-bond acceptors (Lipinski definition) is 4. The summed E-state index contributed by atoms with van der Waals surface area (Å²) in [6, 6.07) is -0.136. The van der Waals surface area contributed by atoms with Crippen LogP contribution in [0.4, 0.5) is 0 Å². The maximum atomic E-state index is 11.5. The summed E-state index contributed by atoms with van der Waals surface area (Å²) in [6.45, 7) is 5.03. The van der Waals surface area contributed by atoms with Crippen LogP contribution in [0.5, 0.6) is 0 Å². The lowest BCUT2D eigenvalue weighted by Crippen LogP contribution is -2.45. The number of carbonyl (C=O) groups is 1. The van der Waals surface area contributed by atoms with Gasteiger partial charge in [0.05, 0.1) is 24.8 Å². The molecule has 16 heavy (non-hydrogen) atoms. The fourth-order valence-corrected chi connectivity index (χ4v) is 2.27. The van der Waals surface area contributed by atoms with Crippen molar-refractivity contribution >= 4 is 5.97 Å². The van der Waals surface area contributed by atoms with Crippen LogP contribution >= 0.6 is 0 Å². The third-order valence-electron chi connectivity index (χ3n) is 3.04. The van der Waals surface area contributed by atoms with E-state index in [1.165, 1.54) is 12.8 Å². The Morgan fingerprint density at radius 2 is 2.50 bits per heavy atom. The molecule has 1 aliphatic rings. The number of ether oxygens (including phenoxy) is 1. The zero-order valence-corrected chi connectivity index (χ0v) is 9.86. The lowest BCUT2D eigenvalue weighted by atomic mass is 10.00. The Morgan fingerprint density at radius 3 is 3.12 bits per heavy atom. The minimum Gasteiger partial charge on any atom is -0.468 e. The van der Waals surface area contributed by atoms with Crippen molar-refractivity contribution < 1.29 is 9.53 Å². The van der Waals surface area contributed by atoms with Gasteiger partial charge in [0.1, 0.15) is 6.04 Å². The third-order valence-corrected chi connectivity index (χ3v) is 3.04. The predicted molar refractivity (Wildman–Crippen MR) is 59.0 cm³/mol. The van der Waals surface area contributed by atoms with Crippen molar-refractivity contribution in [3.05, 3.63) is 17.7 Å². The van der Waals surface area contributed by atoms with E-state index >= 15 is 0 Å². The molecule has 0 radical (unpaired) electrons. The monoisotopic (exact) mass is 223 g/mol. The number of fused-ring (bicyclic) bond motifs is 1. The number of hydrogen-bond donors (Lipinski definition) is 1. The van der Waals surface area contributed by atoms with Crippen molar-refractivity contribution in [1.82, 2.24) is 14.9 Å². The number of nitrogens with one attached hydrogen (secondary N) is 1. The summed E-state index contributed by atoms with van der Waals surface area (Å²) in [5, 5.41) is 3.25. The maximum absolute atomic E-state index is 11.5. The number of aryl methyl sites for hydroxylation is 1. The lowest BCUT2D eigenvalue weighted by Gasteiger charge is -2.27. The quantitative estimate of drug-likeness (QED) is 0.748. The van der Waals surface area contributed by atoms with Crippen LogP contribution in [0.3, 0.4) is 0 Å². The Balaban J connectivity index is 2.27. The summed E-state index contributed by atoms with van der Waals surface area (Å²) >= 11 is 0. The van der Waals surface area contributed by atoms with E-state index in [1.54, 1.807) is 0 Å². The number of nitrogens with zero attached hydrogens (tertiary/aromatic N) is 2. The molecule has 0 aromatic carbocycles. The molecular formula is C11H17N3O2. The molecule has 1 N–H and O–H groups in total. The van der Waals surface area contributed by atoms with Crippen LogP contribution in [0, 0.1) is 0 Å². The summed E-state index contributed by atoms with van der Waals surface area (Å²) in [5.74, 6) is -0.219. The highest BCUT2D eigenvalue weighted by atomic mass is 16.5. The lowest BCUT2D eigenvalue weighted by molar-refractivity contribution is -0.143. The SMILES string of the molecule is CCn1cnc2c1C(C)N[C@@H](C(=O)OC)C2. The first-order valence-electron chi connectivity index (χ1n) is 5.55. The molecule has 1 aromatic rings. The molecule has 2 rings (SSSR count). The standard InChI is InChI=1S/C11H17N3O2/c1-4-14-6-12-8-5-9(11(15)16-3)13-7(2)10(8)14/h6-7,9,13H,4-5H2,1-3H3/t7?,9-/m1/s1. The normalized spacial score (nSPS) is 23.9. The summed E-state index contributed by atoms with van der Waals surface area (Å²) < 4.78 is 6.86. The Bertz CT molecular complexity index is 400. The number of aromatic nitrogens is 2. The molecule has 88 valence electrons. The molecule has 0 saturated carbocycles. The molecular weight excluding hydrogens is 206 g/mol.